The van der Waals surface area contributed by atoms with Gasteiger partial charge in [0.1, 0.15) is 12.4 Å². The molecule has 0 fully saturated rings. The van der Waals surface area contributed by atoms with Crippen LogP contribution in [0.1, 0.15) is 16.7 Å². The second-order valence-corrected chi connectivity index (χ2v) is 6.92. The van der Waals surface area contributed by atoms with E-state index in [0.29, 0.717) is 12.4 Å². The molecule has 0 aliphatic rings. The van der Waals surface area contributed by atoms with Gasteiger partial charge in [-0.05, 0) is 34.0 Å². The largest absolute Gasteiger partial charge is 0.488 e. The van der Waals surface area contributed by atoms with Crippen LogP contribution in [0.3, 0.4) is 0 Å². The standard InChI is InChI=1S/C26H22N2O2/c29-26(17-22-14-8-13-21-11-4-6-15-24(21)22)28-27-18-23-12-5-7-16-25(23)30-19-20-9-2-1-3-10-20/h1-16,18H,17,19H2,(H,28,29)/b27-18-. The van der Waals surface area contributed by atoms with Gasteiger partial charge < -0.3 is 4.74 Å². The Balaban J connectivity index is 1.39. The van der Waals surface area contributed by atoms with Crippen molar-refractivity contribution in [1.82, 2.24) is 5.43 Å². The van der Waals surface area contributed by atoms with E-state index < -0.39 is 0 Å². The number of ether oxygens (including phenoxy) is 1. The molecule has 0 spiro atoms. The number of nitrogens with one attached hydrogen (secondary N) is 1. The molecule has 0 radical (unpaired) electrons. The number of rotatable bonds is 7. The number of nitrogens with zero attached hydrogens (tertiary/aromatic N) is 1. The molecule has 0 saturated heterocycles. The number of para-hydroxylation sites is 1. The van der Waals surface area contributed by atoms with Gasteiger partial charge in [0.15, 0.2) is 0 Å². The van der Waals surface area contributed by atoms with E-state index in [2.05, 4.69) is 10.5 Å². The van der Waals surface area contributed by atoms with Crippen LogP contribution >= 0.6 is 0 Å². The summed E-state index contributed by atoms with van der Waals surface area (Å²) in [5.74, 6) is 0.554. The molecule has 0 heterocycles. The van der Waals surface area contributed by atoms with Crippen molar-refractivity contribution < 1.29 is 9.53 Å². The van der Waals surface area contributed by atoms with E-state index in [9.17, 15) is 4.79 Å². The molecule has 1 amide bonds. The second kappa shape index (κ2) is 9.52. The van der Waals surface area contributed by atoms with Crippen LogP contribution in [0.2, 0.25) is 0 Å². The molecule has 0 unspecified atom stereocenters. The number of carbonyl (C=O) groups excluding carboxylic acids is 1. The van der Waals surface area contributed by atoms with Crippen LogP contribution < -0.4 is 10.2 Å². The summed E-state index contributed by atoms with van der Waals surface area (Å²) in [4.78, 5) is 12.4. The Morgan fingerprint density at radius 2 is 1.57 bits per heavy atom. The van der Waals surface area contributed by atoms with Gasteiger partial charge in [-0.3, -0.25) is 4.79 Å². The van der Waals surface area contributed by atoms with Crippen LogP contribution in [0.4, 0.5) is 0 Å². The number of benzene rings is 4. The minimum absolute atomic E-state index is 0.162. The van der Waals surface area contributed by atoms with E-state index in [1.807, 2.05) is 97.1 Å². The van der Waals surface area contributed by atoms with E-state index >= 15 is 0 Å². The molecule has 30 heavy (non-hydrogen) atoms. The fraction of sp³-hybridized carbons (Fsp3) is 0.0769. The summed E-state index contributed by atoms with van der Waals surface area (Å²) in [6, 6.07) is 31.6. The van der Waals surface area contributed by atoms with Gasteiger partial charge in [0.05, 0.1) is 12.6 Å². The van der Waals surface area contributed by atoms with Crippen molar-refractivity contribution in [2.24, 2.45) is 5.10 Å². The SMILES string of the molecule is O=C(Cc1cccc2ccccc12)N/N=C\c1ccccc1OCc1ccccc1. The molecule has 4 aromatic rings. The normalized spacial score (nSPS) is 10.9. The molecular formula is C26H22N2O2. The average molecular weight is 394 g/mol. The molecular weight excluding hydrogens is 372 g/mol. The molecule has 148 valence electrons. The fourth-order valence-electron chi connectivity index (χ4n) is 3.29. The maximum absolute atomic E-state index is 12.4. The lowest BCUT2D eigenvalue weighted by Gasteiger charge is -2.09. The summed E-state index contributed by atoms with van der Waals surface area (Å²) < 4.78 is 5.92. The van der Waals surface area contributed by atoms with Gasteiger partial charge in [-0.15, -0.1) is 0 Å². The maximum atomic E-state index is 12.4. The number of carbonyl (C=O) groups is 1. The quantitative estimate of drug-likeness (QED) is 0.350. The third-order valence-electron chi connectivity index (χ3n) is 4.78. The van der Waals surface area contributed by atoms with E-state index in [-0.39, 0.29) is 12.3 Å². The third-order valence-corrected chi connectivity index (χ3v) is 4.78. The highest BCUT2D eigenvalue weighted by molar-refractivity contribution is 5.91. The van der Waals surface area contributed by atoms with Crippen LogP contribution in [0.25, 0.3) is 10.8 Å². The molecule has 4 nitrogen and oxygen atoms in total. The van der Waals surface area contributed by atoms with Crippen LogP contribution in [0, 0.1) is 0 Å². The fourth-order valence-corrected chi connectivity index (χ4v) is 3.29. The topological polar surface area (TPSA) is 50.7 Å². The van der Waals surface area contributed by atoms with Gasteiger partial charge in [0, 0.05) is 5.56 Å². The summed E-state index contributed by atoms with van der Waals surface area (Å²) in [6.07, 6.45) is 1.88. The maximum Gasteiger partial charge on any atom is 0.244 e. The lowest BCUT2D eigenvalue weighted by molar-refractivity contribution is -0.120. The zero-order valence-corrected chi connectivity index (χ0v) is 16.5. The zero-order chi connectivity index (χ0) is 20.6. The highest BCUT2D eigenvalue weighted by Crippen LogP contribution is 2.19. The van der Waals surface area contributed by atoms with Crippen LogP contribution in [0.15, 0.2) is 102 Å². The average Bonchev–Trinajstić information content (AvgIpc) is 2.79. The van der Waals surface area contributed by atoms with Crippen molar-refractivity contribution >= 4 is 22.9 Å². The Kier molecular flexibility index (Phi) is 6.16. The van der Waals surface area contributed by atoms with Crippen molar-refractivity contribution in [3.63, 3.8) is 0 Å². The monoisotopic (exact) mass is 394 g/mol. The first-order chi connectivity index (χ1) is 14.8. The van der Waals surface area contributed by atoms with E-state index in [1.54, 1.807) is 6.21 Å². The van der Waals surface area contributed by atoms with E-state index in [0.717, 1.165) is 27.5 Å². The Bertz CT molecular complexity index is 1160. The van der Waals surface area contributed by atoms with Gasteiger partial charge in [-0.2, -0.15) is 5.10 Å². The van der Waals surface area contributed by atoms with Crippen LogP contribution in [-0.4, -0.2) is 12.1 Å². The minimum Gasteiger partial charge on any atom is -0.488 e. The number of amides is 1. The Hall–Kier alpha value is -3.92. The van der Waals surface area contributed by atoms with Gasteiger partial charge >= 0.3 is 0 Å². The summed E-state index contributed by atoms with van der Waals surface area (Å²) in [5.41, 5.74) is 5.49. The molecule has 0 aromatic heterocycles. The van der Waals surface area contributed by atoms with E-state index in [4.69, 9.17) is 4.74 Å². The Morgan fingerprint density at radius 1 is 0.833 bits per heavy atom. The summed E-state index contributed by atoms with van der Waals surface area (Å²) in [7, 11) is 0. The molecule has 0 aliphatic carbocycles. The minimum atomic E-state index is -0.162. The molecule has 4 rings (SSSR count). The first kappa shape index (κ1) is 19.4. The molecule has 0 aliphatic heterocycles. The first-order valence-electron chi connectivity index (χ1n) is 9.84. The van der Waals surface area contributed by atoms with Crippen molar-refractivity contribution in [3.05, 3.63) is 114 Å². The predicted octanol–water partition coefficient (Wildman–Crippen LogP) is 5.11. The van der Waals surface area contributed by atoms with Crippen molar-refractivity contribution in [1.29, 1.82) is 0 Å². The molecule has 4 heteroatoms. The molecule has 0 saturated carbocycles. The number of hydrogen-bond donors (Lipinski definition) is 1. The van der Waals surface area contributed by atoms with Crippen molar-refractivity contribution in [2.75, 3.05) is 0 Å². The van der Waals surface area contributed by atoms with Crippen LogP contribution in [0.5, 0.6) is 5.75 Å². The lowest BCUT2D eigenvalue weighted by Crippen LogP contribution is -2.20. The summed E-state index contributed by atoms with van der Waals surface area (Å²) in [5, 5.41) is 6.33. The first-order valence-corrected chi connectivity index (χ1v) is 9.84. The lowest BCUT2D eigenvalue weighted by atomic mass is 10.0. The van der Waals surface area contributed by atoms with E-state index in [1.165, 1.54) is 0 Å². The van der Waals surface area contributed by atoms with Gasteiger partial charge in [0.25, 0.3) is 0 Å². The highest BCUT2D eigenvalue weighted by atomic mass is 16.5. The molecule has 0 atom stereocenters. The second-order valence-electron chi connectivity index (χ2n) is 6.92. The van der Waals surface area contributed by atoms with Crippen molar-refractivity contribution in [3.8, 4) is 5.75 Å². The predicted molar refractivity (Wildman–Crippen MR) is 121 cm³/mol. The molecule has 1 N–H and O–H groups in total. The highest BCUT2D eigenvalue weighted by Gasteiger charge is 2.06. The number of hydrazone groups is 1. The van der Waals surface area contributed by atoms with Crippen LogP contribution in [-0.2, 0) is 17.8 Å². The number of fused-ring (bicyclic) bond motifs is 1. The van der Waals surface area contributed by atoms with Gasteiger partial charge in [-0.25, -0.2) is 5.43 Å². The molecule has 0 bridgehead atoms. The van der Waals surface area contributed by atoms with Crippen molar-refractivity contribution in [2.45, 2.75) is 13.0 Å². The Morgan fingerprint density at radius 3 is 2.47 bits per heavy atom. The molecule has 4 aromatic carbocycles. The van der Waals surface area contributed by atoms with Gasteiger partial charge in [-0.1, -0.05) is 84.9 Å². The smallest absolute Gasteiger partial charge is 0.244 e. The summed E-state index contributed by atoms with van der Waals surface area (Å²) >= 11 is 0. The number of hydrogen-bond acceptors (Lipinski definition) is 3. The third kappa shape index (κ3) is 4.92. The van der Waals surface area contributed by atoms with Gasteiger partial charge in [0.2, 0.25) is 5.91 Å². The zero-order valence-electron chi connectivity index (χ0n) is 16.5. The summed E-state index contributed by atoms with van der Waals surface area (Å²) in [6.45, 7) is 0.471. The Labute approximate surface area is 175 Å².